The van der Waals surface area contributed by atoms with Crippen molar-refractivity contribution in [2.24, 2.45) is 0 Å². The second-order valence-electron chi connectivity index (χ2n) is 5.23. The fraction of sp³-hybridized carbons (Fsp3) is 0.571. The second-order valence-corrected chi connectivity index (χ2v) is 5.23. The first-order valence-corrected chi connectivity index (χ1v) is 6.66. The minimum atomic E-state index is 0.504. The van der Waals surface area contributed by atoms with Crippen molar-refractivity contribution in [2.75, 3.05) is 58.4 Å². The number of likely N-dealkylation sites (N-methyl/N-ethyl adjacent to an activating group) is 2. The standard InChI is InChI=1S/C14H24N4O/c1-17-6-7-18(2)11(10-17)9-16-14-8-12(19-3)4-5-13(14)15/h4-5,8,11,16H,6-7,9-10,15H2,1-3H3. The molecule has 1 aromatic carbocycles. The van der Waals surface area contributed by atoms with Crippen LogP contribution in [-0.2, 0) is 0 Å². The van der Waals surface area contributed by atoms with Gasteiger partial charge in [-0.1, -0.05) is 0 Å². The average Bonchev–Trinajstić information content (AvgIpc) is 2.41. The number of nitrogens with one attached hydrogen (secondary N) is 1. The highest BCUT2D eigenvalue weighted by Gasteiger charge is 2.21. The first-order valence-electron chi connectivity index (χ1n) is 6.66. The molecule has 0 amide bonds. The number of methoxy groups -OCH3 is 1. The van der Waals surface area contributed by atoms with Crippen molar-refractivity contribution in [1.29, 1.82) is 0 Å². The average molecular weight is 264 g/mol. The van der Waals surface area contributed by atoms with Crippen molar-refractivity contribution in [1.82, 2.24) is 9.80 Å². The van der Waals surface area contributed by atoms with Crippen molar-refractivity contribution in [3.63, 3.8) is 0 Å². The van der Waals surface area contributed by atoms with Gasteiger partial charge < -0.3 is 20.7 Å². The first-order chi connectivity index (χ1) is 9.10. The van der Waals surface area contributed by atoms with E-state index in [1.165, 1.54) is 0 Å². The number of rotatable bonds is 4. The number of anilines is 2. The normalized spacial score (nSPS) is 21.3. The van der Waals surface area contributed by atoms with Crippen molar-refractivity contribution in [2.45, 2.75) is 6.04 Å². The maximum atomic E-state index is 5.98. The van der Waals surface area contributed by atoms with Gasteiger partial charge in [-0.25, -0.2) is 0 Å². The van der Waals surface area contributed by atoms with Gasteiger partial charge >= 0.3 is 0 Å². The second kappa shape index (κ2) is 6.12. The molecular weight excluding hydrogens is 240 g/mol. The maximum absolute atomic E-state index is 5.98. The zero-order valence-corrected chi connectivity index (χ0v) is 12.0. The van der Waals surface area contributed by atoms with Gasteiger partial charge in [0, 0.05) is 38.3 Å². The summed E-state index contributed by atoms with van der Waals surface area (Å²) >= 11 is 0. The van der Waals surface area contributed by atoms with E-state index >= 15 is 0 Å². The molecule has 0 radical (unpaired) electrons. The van der Waals surface area contributed by atoms with Crippen molar-refractivity contribution < 1.29 is 4.74 Å². The zero-order valence-electron chi connectivity index (χ0n) is 12.0. The van der Waals surface area contributed by atoms with E-state index in [-0.39, 0.29) is 0 Å². The molecule has 3 N–H and O–H groups in total. The van der Waals surface area contributed by atoms with Crippen LogP contribution in [0.5, 0.6) is 5.75 Å². The van der Waals surface area contributed by atoms with Gasteiger partial charge in [0.2, 0.25) is 0 Å². The van der Waals surface area contributed by atoms with Gasteiger partial charge in [-0.05, 0) is 26.2 Å². The van der Waals surface area contributed by atoms with Gasteiger partial charge in [0.15, 0.2) is 0 Å². The molecule has 1 aromatic rings. The molecule has 106 valence electrons. The minimum absolute atomic E-state index is 0.504. The van der Waals surface area contributed by atoms with E-state index in [9.17, 15) is 0 Å². The largest absolute Gasteiger partial charge is 0.497 e. The number of nitrogen functional groups attached to an aromatic ring is 1. The van der Waals surface area contributed by atoms with Crippen LogP contribution >= 0.6 is 0 Å². The highest BCUT2D eigenvalue weighted by Crippen LogP contribution is 2.24. The molecule has 1 aliphatic rings. The van der Waals surface area contributed by atoms with E-state index < -0.39 is 0 Å². The Kier molecular flexibility index (Phi) is 4.50. The van der Waals surface area contributed by atoms with Gasteiger partial charge in [0.25, 0.3) is 0 Å². The highest BCUT2D eigenvalue weighted by molar-refractivity contribution is 5.68. The molecule has 0 aliphatic carbocycles. The van der Waals surface area contributed by atoms with Crippen molar-refractivity contribution >= 4 is 11.4 Å². The number of nitrogens with zero attached hydrogens (tertiary/aromatic N) is 2. The molecule has 1 atom stereocenters. The maximum Gasteiger partial charge on any atom is 0.121 e. The summed E-state index contributed by atoms with van der Waals surface area (Å²) in [5.41, 5.74) is 7.68. The predicted octanol–water partition coefficient (Wildman–Crippen LogP) is 0.935. The number of benzene rings is 1. The molecule has 1 heterocycles. The fourth-order valence-corrected chi connectivity index (χ4v) is 2.37. The molecule has 0 aromatic heterocycles. The van der Waals surface area contributed by atoms with E-state index in [1.54, 1.807) is 7.11 Å². The molecule has 2 rings (SSSR count). The van der Waals surface area contributed by atoms with Crippen LogP contribution in [0.15, 0.2) is 18.2 Å². The Morgan fingerprint density at radius 3 is 2.89 bits per heavy atom. The fourth-order valence-electron chi connectivity index (χ4n) is 2.37. The van der Waals surface area contributed by atoms with Gasteiger partial charge in [0.05, 0.1) is 18.5 Å². The van der Waals surface area contributed by atoms with Crippen LogP contribution in [0.3, 0.4) is 0 Å². The Hall–Kier alpha value is -1.46. The third-order valence-corrected chi connectivity index (χ3v) is 3.77. The SMILES string of the molecule is COc1ccc(N)c(NCC2CN(C)CCN2C)c1. The van der Waals surface area contributed by atoms with Gasteiger partial charge in [-0.15, -0.1) is 0 Å². The summed E-state index contributed by atoms with van der Waals surface area (Å²) in [7, 11) is 6.01. The lowest BCUT2D eigenvalue weighted by molar-refractivity contribution is 0.122. The van der Waals surface area contributed by atoms with Crippen LogP contribution in [-0.4, -0.2) is 63.2 Å². The lowest BCUT2D eigenvalue weighted by Crippen LogP contribution is -2.52. The smallest absolute Gasteiger partial charge is 0.121 e. The Morgan fingerprint density at radius 2 is 2.16 bits per heavy atom. The van der Waals surface area contributed by atoms with Gasteiger partial charge in [-0.3, -0.25) is 4.90 Å². The number of hydrogen-bond donors (Lipinski definition) is 2. The van der Waals surface area contributed by atoms with E-state index in [0.29, 0.717) is 6.04 Å². The van der Waals surface area contributed by atoms with Crippen LogP contribution in [0.25, 0.3) is 0 Å². The highest BCUT2D eigenvalue weighted by atomic mass is 16.5. The molecule has 1 fully saturated rings. The zero-order chi connectivity index (χ0) is 13.8. The summed E-state index contributed by atoms with van der Waals surface area (Å²) in [4.78, 5) is 4.75. The lowest BCUT2D eigenvalue weighted by Gasteiger charge is -2.38. The van der Waals surface area contributed by atoms with Crippen LogP contribution in [0.2, 0.25) is 0 Å². The van der Waals surface area contributed by atoms with E-state index in [1.807, 2.05) is 18.2 Å². The number of nitrogens with two attached hydrogens (primary N) is 1. The molecule has 0 saturated carbocycles. The number of hydrogen-bond acceptors (Lipinski definition) is 5. The summed E-state index contributed by atoms with van der Waals surface area (Å²) in [6, 6.07) is 6.20. The topological polar surface area (TPSA) is 53.8 Å². The molecular formula is C14H24N4O. The minimum Gasteiger partial charge on any atom is -0.497 e. The Balaban J connectivity index is 1.97. The monoisotopic (exact) mass is 264 g/mol. The summed E-state index contributed by atoms with van der Waals surface area (Å²) in [5, 5.41) is 3.44. The Morgan fingerprint density at radius 1 is 1.37 bits per heavy atom. The molecule has 19 heavy (non-hydrogen) atoms. The first kappa shape index (κ1) is 14.0. The van der Waals surface area contributed by atoms with Gasteiger partial charge in [-0.2, -0.15) is 0 Å². The summed E-state index contributed by atoms with van der Waals surface area (Å²) < 4.78 is 5.23. The Labute approximate surface area is 115 Å². The molecule has 1 saturated heterocycles. The molecule has 0 bridgehead atoms. The van der Waals surface area contributed by atoms with Crippen LogP contribution in [0.1, 0.15) is 0 Å². The number of piperazine rings is 1. The van der Waals surface area contributed by atoms with Crippen LogP contribution < -0.4 is 15.8 Å². The molecule has 5 nitrogen and oxygen atoms in total. The quantitative estimate of drug-likeness (QED) is 0.793. The van der Waals surface area contributed by atoms with E-state index in [2.05, 4.69) is 29.2 Å². The van der Waals surface area contributed by atoms with Crippen LogP contribution in [0.4, 0.5) is 11.4 Å². The van der Waals surface area contributed by atoms with Crippen LogP contribution in [0, 0.1) is 0 Å². The summed E-state index contributed by atoms with van der Waals surface area (Å²) in [5.74, 6) is 0.825. The van der Waals surface area contributed by atoms with Crippen molar-refractivity contribution in [3.8, 4) is 5.75 Å². The van der Waals surface area contributed by atoms with E-state index in [4.69, 9.17) is 10.5 Å². The summed E-state index contributed by atoms with van der Waals surface area (Å²) in [6.07, 6.45) is 0. The van der Waals surface area contributed by atoms with E-state index in [0.717, 1.165) is 43.3 Å². The summed E-state index contributed by atoms with van der Waals surface area (Å²) in [6.45, 7) is 4.20. The third kappa shape index (κ3) is 3.52. The molecule has 1 unspecified atom stereocenters. The lowest BCUT2D eigenvalue weighted by atomic mass is 10.1. The Bertz CT molecular complexity index is 424. The molecule has 0 spiro atoms. The van der Waals surface area contributed by atoms with Crippen molar-refractivity contribution in [3.05, 3.63) is 18.2 Å². The van der Waals surface area contributed by atoms with Gasteiger partial charge in [0.1, 0.15) is 5.75 Å². The molecule has 5 heteroatoms. The third-order valence-electron chi connectivity index (χ3n) is 3.77. The number of ether oxygens (including phenoxy) is 1. The molecule has 1 aliphatic heterocycles. The predicted molar refractivity (Wildman–Crippen MR) is 79.8 cm³/mol.